The first kappa shape index (κ1) is 19.8. The van der Waals surface area contributed by atoms with Gasteiger partial charge in [-0.25, -0.2) is 0 Å². The minimum atomic E-state index is -4.50. The fraction of sp³-hybridized carbons (Fsp3) is 0.333. The average Bonchev–Trinajstić information content (AvgIpc) is 2.99. The van der Waals surface area contributed by atoms with Crippen LogP contribution in [0.15, 0.2) is 30.3 Å². The van der Waals surface area contributed by atoms with Gasteiger partial charge in [0.05, 0.1) is 10.6 Å². The van der Waals surface area contributed by atoms with E-state index < -0.39 is 11.7 Å². The van der Waals surface area contributed by atoms with E-state index in [4.69, 9.17) is 17.3 Å². The van der Waals surface area contributed by atoms with Gasteiger partial charge in [0.15, 0.2) is 0 Å². The minimum absolute atomic E-state index is 0.292. The van der Waals surface area contributed by atoms with Crippen LogP contribution in [0.25, 0.3) is 22.2 Å². The SMILES string of the molecule is Cc1ccc(C)c2c(CCCCN)c(-c3ccc(Cl)c(C(F)(F)F)c3)[nH]c12. The number of fused-ring (bicyclic) bond motifs is 1. The Balaban J connectivity index is 2.23. The van der Waals surface area contributed by atoms with Gasteiger partial charge in [0.2, 0.25) is 0 Å². The molecular formula is C21H22ClF3N2. The lowest BCUT2D eigenvalue weighted by Gasteiger charge is -2.12. The van der Waals surface area contributed by atoms with Crippen molar-refractivity contribution in [2.24, 2.45) is 5.73 Å². The van der Waals surface area contributed by atoms with Crippen LogP contribution in [0.2, 0.25) is 5.02 Å². The number of benzene rings is 2. The van der Waals surface area contributed by atoms with E-state index in [2.05, 4.69) is 4.98 Å². The van der Waals surface area contributed by atoms with Crippen molar-refractivity contribution in [1.29, 1.82) is 0 Å². The quantitative estimate of drug-likeness (QED) is 0.482. The predicted molar refractivity (Wildman–Crippen MR) is 105 cm³/mol. The summed E-state index contributed by atoms with van der Waals surface area (Å²) in [5.74, 6) is 0. The first-order valence-corrected chi connectivity index (χ1v) is 9.29. The molecule has 27 heavy (non-hydrogen) atoms. The molecule has 3 aromatic rings. The van der Waals surface area contributed by atoms with Gasteiger partial charge in [-0.05, 0) is 74.0 Å². The van der Waals surface area contributed by atoms with Gasteiger partial charge in [-0.3, -0.25) is 0 Å². The molecule has 0 saturated carbocycles. The van der Waals surface area contributed by atoms with Crippen LogP contribution >= 0.6 is 11.6 Å². The monoisotopic (exact) mass is 394 g/mol. The van der Waals surface area contributed by atoms with E-state index in [-0.39, 0.29) is 5.02 Å². The number of H-pyrrole nitrogens is 1. The Morgan fingerprint density at radius 2 is 1.74 bits per heavy atom. The number of nitrogens with two attached hydrogens (primary N) is 1. The van der Waals surface area contributed by atoms with Gasteiger partial charge in [-0.2, -0.15) is 13.2 Å². The van der Waals surface area contributed by atoms with Crippen LogP contribution in [0.3, 0.4) is 0 Å². The molecular weight excluding hydrogens is 373 g/mol. The summed E-state index contributed by atoms with van der Waals surface area (Å²) < 4.78 is 40.0. The molecule has 0 fully saturated rings. The Hall–Kier alpha value is -1.98. The number of halogens is 4. The summed E-state index contributed by atoms with van der Waals surface area (Å²) >= 11 is 5.80. The zero-order valence-corrected chi connectivity index (χ0v) is 16.1. The molecule has 0 aliphatic rings. The van der Waals surface area contributed by atoms with Gasteiger partial charge in [0.1, 0.15) is 0 Å². The highest BCUT2D eigenvalue weighted by Crippen LogP contribution is 2.40. The molecule has 0 aliphatic heterocycles. The van der Waals surface area contributed by atoms with Crippen molar-refractivity contribution in [2.75, 3.05) is 6.54 Å². The molecule has 2 aromatic carbocycles. The van der Waals surface area contributed by atoms with Crippen molar-refractivity contribution in [3.05, 3.63) is 57.6 Å². The average molecular weight is 395 g/mol. The molecule has 144 valence electrons. The Labute approximate surface area is 161 Å². The Bertz CT molecular complexity index is 974. The smallest absolute Gasteiger partial charge is 0.354 e. The van der Waals surface area contributed by atoms with Crippen molar-refractivity contribution < 1.29 is 13.2 Å². The maximum absolute atomic E-state index is 13.3. The van der Waals surface area contributed by atoms with Crippen LogP contribution in [0, 0.1) is 13.8 Å². The third-order valence-corrected chi connectivity index (χ3v) is 5.25. The maximum atomic E-state index is 13.3. The van der Waals surface area contributed by atoms with Gasteiger partial charge in [-0.15, -0.1) is 0 Å². The van der Waals surface area contributed by atoms with E-state index in [0.717, 1.165) is 58.6 Å². The van der Waals surface area contributed by atoms with Gasteiger partial charge < -0.3 is 10.7 Å². The normalized spacial score (nSPS) is 12.1. The van der Waals surface area contributed by atoms with E-state index in [1.165, 1.54) is 6.07 Å². The zero-order valence-electron chi connectivity index (χ0n) is 15.3. The third-order valence-electron chi connectivity index (χ3n) is 4.92. The standard InChI is InChI=1S/C21H22ClF3N2/c1-12-6-7-13(2)19-18(12)15(5-3-4-10-26)20(27-19)14-8-9-17(22)16(11-14)21(23,24)25/h6-9,11,27H,3-5,10,26H2,1-2H3. The number of hydrogen-bond donors (Lipinski definition) is 2. The summed E-state index contributed by atoms with van der Waals surface area (Å²) in [4.78, 5) is 3.37. The van der Waals surface area contributed by atoms with E-state index >= 15 is 0 Å². The van der Waals surface area contributed by atoms with Crippen molar-refractivity contribution in [2.45, 2.75) is 39.3 Å². The van der Waals surface area contributed by atoms with Crippen LogP contribution < -0.4 is 5.73 Å². The Morgan fingerprint density at radius 3 is 2.41 bits per heavy atom. The predicted octanol–water partition coefficient (Wildman–Crippen LogP) is 6.41. The lowest BCUT2D eigenvalue weighted by molar-refractivity contribution is -0.137. The summed E-state index contributed by atoms with van der Waals surface area (Å²) in [6.07, 6.45) is -2.00. The van der Waals surface area contributed by atoms with Gasteiger partial charge in [-0.1, -0.05) is 29.8 Å². The minimum Gasteiger partial charge on any atom is -0.354 e. The largest absolute Gasteiger partial charge is 0.417 e. The molecule has 3 rings (SSSR count). The molecule has 1 heterocycles. The molecule has 0 saturated heterocycles. The summed E-state index contributed by atoms with van der Waals surface area (Å²) in [5.41, 5.74) is 10.2. The van der Waals surface area contributed by atoms with Crippen LogP contribution in [-0.4, -0.2) is 11.5 Å². The van der Waals surface area contributed by atoms with Crippen LogP contribution in [0.5, 0.6) is 0 Å². The van der Waals surface area contributed by atoms with Gasteiger partial charge in [0, 0.05) is 16.6 Å². The van der Waals surface area contributed by atoms with E-state index in [1.807, 2.05) is 26.0 Å². The van der Waals surface area contributed by atoms with Crippen molar-refractivity contribution >= 4 is 22.5 Å². The molecule has 0 radical (unpaired) electrons. The number of nitrogens with one attached hydrogen (secondary N) is 1. The number of hydrogen-bond acceptors (Lipinski definition) is 1. The molecule has 0 atom stereocenters. The number of aromatic nitrogens is 1. The molecule has 1 aromatic heterocycles. The van der Waals surface area contributed by atoms with Crippen LogP contribution in [-0.2, 0) is 12.6 Å². The number of unbranched alkanes of at least 4 members (excludes halogenated alkanes) is 1. The van der Waals surface area contributed by atoms with Crippen molar-refractivity contribution in [1.82, 2.24) is 4.98 Å². The third kappa shape index (κ3) is 3.85. The summed E-state index contributed by atoms with van der Waals surface area (Å²) in [5, 5.41) is 0.796. The number of alkyl halides is 3. The molecule has 2 nitrogen and oxygen atoms in total. The van der Waals surface area contributed by atoms with Crippen molar-refractivity contribution in [3.63, 3.8) is 0 Å². The second-order valence-electron chi connectivity index (χ2n) is 6.87. The molecule has 0 amide bonds. The molecule has 0 aliphatic carbocycles. The van der Waals surface area contributed by atoms with Crippen LogP contribution in [0.4, 0.5) is 13.2 Å². The maximum Gasteiger partial charge on any atom is 0.417 e. The fourth-order valence-electron chi connectivity index (χ4n) is 3.53. The highest BCUT2D eigenvalue weighted by Gasteiger charge is 2.33. The van der Waals surface area contributed by atoms with Crippen LogP contribution in [0.1, 0.15) is 35.1 Å². The lowest BCUT2D eigenvalue weighted by Crippen LogP contribution is -2.06. The molecule has 0 bridgehead atoms. The molecule has 0 unspecified atom stereocenters. The van der Waals surface area contributed by atoms with Crippen molar-refractivity contribution in [3.8, 4) is 11.3 Å². The zero-order chi connectivity index (χ0) is 19.8. The Kier molecular flexibility index (Phi) is 5.54. The highest BCUT2D eigenvalue weighted by molar-refractivity contribution is 6.31. The summed E-state index contributed by atoms with van der Waals surface area (Å²) in [6.45, 7) is 4.61. The summed E-state index contributed by atoms with van der Waals surface area (Å²) in [7, 11) is 0. The Morgan fingerprint density at radius 1 is 1.04 bits per heavy atom. The highest BCUT2D eigenvalue weighted by atomic mass is 35.5. The second kappa shape index (κ2) is 7.56. The van der Waals surface area contributed by atoms with E-state index in [9.17, 15) is 13.2 Å². The van der Waals surface area contributed by atoms with Gasteiger partial charge >= 0.3 is 6.18 Å². The summed E-state index contributed by atoms with van der Waals surface area (Å²) in [6, 6.07) is 8.15. The van der Waals surface area contributed by atoms with E-state index in [0.29, 0.717) is 12.1 Å². The van der Waals surface area contributed by atoms with E-state index in [1.54, 1.807) is 6.07 Å². The van der Waals surface area contributed by atoms with Gasteiger partial charge in [0.25, 0.3) is 0 Å². The number of aromatic amines is 1. The second-order valence-corrected chi connectivity index (χ2v) is 7.27. The fourth-order valence-corrected chi connectivity index (χ4v) is 3.75. The first-order chi connectivity index (χ1) is 12.7. The topological polar surface area (TPSA) is 41.8 Å². The number of aryl methyl sites for hydroxylation is 3. The molecule has 6 heteroatoms. The lowest BCUT2D eigenvalue weighted by atomic mass is 9.96. The first-order valence-electron chi connectivity index (χ1n) is 8.92. The molecule has 0 spiro atoms. The number of rotatable bonds is 5. The molecule has 3 N–H and O–H groups in total.